The predicted molar refractivity (Wildman–Crippen MR) is 78.1 cm³/mol. The van der Waals surface area contributed by atoms with Crippen molar-refractivity contribution in [1.29, 1.82) is 0 Å². The van der Waals surface area contributed by atoms with Gasteiger partial charge in [0, 0.05) is 15.8 Å². The summed E-state index contributed by atoms with van der Waals surface area (Å²) in [5.74, 6) is 0.751. The summed E-state index contributed by atoms with van der Waals surface area (Å²) in [7, 11) is 0. The molecule has 0 aromatic carbocycles. The molecule has 0 radical (unpaired) electrons. The van der Waals surface area contributed by atoms with Crippen molar-refractivity contribution in [3.8, 4) is 0 Å². The van der Waals surface area contributed by atoms with Crippen LogP contribution in [-0.4, -0.2) is 17.8 Å². The third-order valence-corrected chi connectivity index (χ3v) is 5.40. The molecule has 0 amide bonds. The second kappa shape index (κ2) is 6.69. The van der Waals surface area contributed by atoms with Crippen LogP contribution in [-0.2, 0) is 6.42 Å². The van der Waals surface area contributed by atoms with E-state index in [-0.39, 0.29) is 6.10 Å². The zero-order valence-electron chi connectivity index (χ0n) is 11.5. The smallest absolute Gasteiger partial charge is 0.0540 e. The maximum absolute atomic E-state index is 9.49. The molecule has 1 fully saturated rings. The van der Waals surface area contributed by atoms with Crippen LogP contribution < -0.4 is 5.32 Å². The third kappa shape index (κ3) is 3.81. The van der Waals surface area contributed by atoms with Crippen LogP contribution in [0.3, 0.4) is 0 Å². The quantitative estimate of drug-likeness (QED) is 0.855. The fourth-order valence-electron chi connectivity index (χ4n) is 2.61. The summed E-state index contributed by atoms with van der Waals surface area (Å²) in [5, 5.41) is 13.1. The van der Waals surface area contributed by atoms with Gasteiger partial charge in [-0.2, -0.15) is 0 Å². The van der Waals surface area contributed by atoms with Crippen molar-refractivity contribution in [2.75, 3.05) is 6.54 Å². The molecule has 102 valence electrons. The third-order valence-electron chi connectivity index (χ3n) is 3.99. The van der Waals surface area contributed by atoms with Crippen molar-refractivity contribution in [2.24, 2.45) is 5.92 Å². The monoisotopic (exact) mass is 267 g/mol. The summed E-state index contributed by atoms with van der Waals surface area (Å²) < 4.78 is 0. The van der Waals surface area contributed by atoms with Gasteiger partial charge in [0.1, 0.15) is 0 Å². The Labute approximate surface area is 114 Å². The molecule has 2 nitrogen and oxygen atoms in total. The Morgan fingerprint density at radius 3 is 2.67 bits per heavy atom. The minimum absolute atomic E-state index is 0.0388. The zero-order chi connectivity index (χ0) is 13.0. The topological polar surface area (TPSA) is 32.3 Å². The van der Waals surface area contributed by atoms with Gasteiger partial charge in [-0.1, -0.05) is 6.92 Å². The maximum Gasteiger partial charge on any atom is 0.0540 e. The van der Waals surface area contributed by atoms with Gasteiger partial charge in [-0.05, 0) is 63.6 Å². The molecule has 3 heteroatoms. The molecule has 1 unspecified atom stereocenters. The zero-order valence-corrected chi connectivity index (χ0v) is 12.3. The van der Waals surface area contributed by atoms with E-state index in [0.29, 0.717) is 6.04 Å². The van der Waals surface area contributed by atoms with Gasteiger partial charge in [-0.15, -0.1) is 11.3 Å². The first-order valence-electron chi connectivity index (χ1n) is 7.19. The van der Waals surface area contributed by atoms with Crippen LogP contribution in [0.2, 0.25) is 0 Å². The second-order valence-corrected chi connectivity index (χ2v) is 6.66. The summed E-state index contributed by atoms with van der Waals surface area (Å²) in [6.07, 6.45) is 5.41. The highest BCUT2D eigenvalue weighted by Gasteiger charge is 2.19. The van der Waals surface area contributed by atoms with Crippen molar-refractivity contribution in [3.05, 3.63) is 21.9 Å². The van der Waals surface area contributed by atoms with E-state index < -0.39 is 0 Å². The number of aliphatic hydroxyl groups is 1. The molecular formula is C15H25NOS. The number of nitrogens with one attached hydrogen (secondary N) is 1. The molecule has 1 heterocycles. The standard InChI is InChI=1S/C15H25NOS/c1-3-14-8-9-15(18-14)11(2)16-10-12-4-6-13(17)7-5-12/h8-9,11-13,16-17H,3-7,10H2,1-2H3. The van der Waals surface area contributed by atoms with Gasteiger partial charge in [0.15, 0.2) is 0 Å². The predicted octanol–water partition coefficient (Wildman–Crippen LogP) is 3.51. The lowest BCUT2D eigenvalue weighted by atomic mass is 9.87. The SMILES string of the molecule is CCc1ccc(C(C)NCC2CCC(O)CC2)s1. The first-order chi connectivity index (χ1) is 8.69. The number of thiophene rings is 1. The number of hydrogen-bond donors (Lipinski definition) is 2. The minimum atomic E-state index is -0.0388. The Balaban J connectivity index is 1.75. The molecule has 0 saturated heterocycles. The second-order valence-electron chi connectivity index (χ2n) is 5.46. The van der Waals surface area contributed by atoms with Crippen LogP contribution in [0.25, 0.3) is 0 Å². The molecule has 1 saturated carbocycles. The van der Waals surface area contributed by atoms with Gasteiger partial charge in [0.05, 0.1) is 6.10 Å². The molecule has 1 aliphatic carbocycles. The molecule has 1 aliphatic rings. The van der Waals surface area contributed by atoms with Crippen LogP contribution in [0.15, 0.2) is 12.1 Å². The van der Waals surface area contributed by atoms with E-state index in [2.05, 4.69) is 31.3 Å². The summed E-state index contributed by atoms with van der Waals surface area (Å²) in [6.45, 7) is 5.55. The Morgan fingerprint density at radius 1 is 1.33 bits per heavy atom. The lowest BCUT2D eigenvalue weighted by molar-refractivity contribution is 0.108. The van der Waals surface area contributed by atoms with Gasteiger partial charge in [-0.25, -0.2) is 0 Å². The fraction of sp³-hybridized carbons (Fsp3) is 0.733. The average molecular weight is 267 g/mol. The maximum atomic E-state index is 9.49. The van der Waals surface area contributed by atoms with Crippen molar-refractivity contribution in [3.63, 3.8) is 0 Å². The molecule has 0 bridgehead atoms. The van der Waals surface area contributed by atoms with Crippen LogP contribution in [0.5, 0.6) is 0 Å². The largest absolute Gasteiger partial charge is 0.393 e. The molecule has 2 N–H and O–H groups in total. The van der Waals surface area contributed by atoms with Crippen molar-refractivity contribution in [2.45, 2.75) is 58.1 Å². The van der Waals surface area contributed by atoms with E-state index in [1.165, 1.54) is 22.6 Å². The molecule has 1 atom stereocenters. The number of hydrogen-bond acceptors (Lipinski definition) is 3. The van der Waals surface area contributed by atoms with E-state index in [1.807, 2.05) is 11.3 Å². The number of aryl methyl sites for hydroxylation is 1. The van der Waals surface area contributed by atoms with Gasteiger partial charge in [-0.3, -0.25) is 0 Å². The highest BCUT2D eigenvalue weighted by atomic mass is 32.1. The summed E-state index contributed by atoms with van der Waals surface area (Å²) in [4.78, 5) is 2.92. The van der Waals surface area contributed by atoms with Crippen LogP contribution >= 0.6 is 11.3 Å². The molecule has 1 aromatic heterocycles. The Kier molecular flexibility index (Phi) is 5.22. The van der Waals surface area contributed by atoms with Gasteiger partial charge in [0.2, 0.25) is 0 Å². The highest BCUT2D eigenvalue weighted by Crippen LogP contribution is 2.26. The minimum Gasteiger partial charge on any atom is -0.393 e. The molecule has 0 spiro atoms. The first-order valence-corrected chi connectivity index (χ1v) is 8.00. The number of aliphatic hydroxyl groups excluding tert-OH is 1. The first kappa shape index (κ1) is 14.0. The highest BCUT2D eigenvalue weighted by molar-refractivity contribution is 7.12. The lowest BCUT2D eigenvalue weighted by Crippen LogP contribution is -2.29. The van der Waals surface area contributed by atoms with Gasteiger partial charge in [0.25, 0.3) is 0 Å². The summed E-state index contributed by atoms with van der Waals surface area (Å²) >= 11 is 1.93. The van der Waals surface area contributed by atoms with E-state index in [0.717, 1.165) is 31.7 Å². The van der Waals surface area contributed by atoms with E-state index in [9.17, 15) is 5.11 Å². The lowest BCUT2D eigenvalue weighted by Gasteiger charge is -2.26. The van der Waals surface area contributed by atoms with Crippen molar-refractivity contribution in [1.82, 2.24) is 5.32 Å². The molecule has 1 aromatic rings. The van der Waals surface area contributed by atoms with Crippen molar-refractivity contribution < 1.29 is 5.11 Å². The normalized spacial score (nSPS) is 26.2. The van der Waals surface area contributed by atoms with Crippen LogP contribution in [0, 0.1) is 5.92 Å². The van der Waals surface area contributed by atoms with Gasteiger partial charge < -0.3 is 10.4 Å². The molecule has 0 aliphatic heterocycles. The van der Waals surface area contributed by atoms with Crippen LogP contribution in [0.4, 0.5) is 0 Å². The van der Waals surface area contributed by atoms with E-state index in [1.54, 1.807) is 0 Å². The Bertz CT molecular complexity index is 355. The van der Waals surface area contributed by atoms with Crippen LogP contribution in [0.1, 0.15) is 55.3 Å². The average Bonchev–Trinajstić information content (AvgIpc) is 2.86. The van der Waals surface area contributed by atoms with Crippen molar-refractivity contribution >= 4 is 11.3 Å². The molecular weight excluding hydrogens is 242 g/mol. The molecule has 2 rings (SSSR count). The van der Waals surface area contributed by atoms with E-state index >= 15 is 0 Å². The summed E-state index contributed by atoms with van der Waals surface area (Å²) in [5.41, 5.74) is 0. The fourth-order valence-corrected chi connectivity index (χ4v) is 3.59. The van der Waals surface area contributed by atoms with Gasteiger partial charge >= 0.3 is 0 Å². The van der Waals surface area contributed by atoms with E-state index in [4.69, 9.17) is 0 Å². The molecule has 18 heavy (non-hydrogen) atoms. The number of rotatable bonds is 5. The Hall–Kier alpha value is -0.380. The Morgan fingerprint density at radius 2 is 2.06 bits per heavy atom. The summed E-state index contributed by atoms with van der Waals surface area (Å²) in [6, 6.07) is 4.96.